The second kappa shape index (κ2) is 6.06. The fourth-order valence-corrected chi connectivity index (χ4v) is 2.41. The van der Waals surface area contributed by atoms with Gasteiger partial charge in [0.2, 0.25) is 0 Å². The molecule has 0 radical (unpaired) electrons. The molecule has 0 saturated heterocycles. The highest BCUT2D eigenvalue weighted by molar-refractivity contribution is 9.10. The number of thiazole rings is 1. The van der Waals surface area contributed by atoms with Crippen molar-refractivity contribution in [3.63, 3.8) is 0 Å². The summed E-state index contributed by atoms with van der Waals surface area (Å²) >= 11 is 4.74. The summed E-state index contributed by atoms with van der Waals surface area (Å²) in [6.45, 7) is 0.443. The molecule has 1 N–H and O–H groups in total. The molecule has 0 atom stereocenters. The second-order valence-electron chi connectivity index (χ2n) is 3.56. The lowest BCUT2D eigenvalue weighted by Gasteiger charge is -2.05. The number of hydrogen-bond acceptors (Lipinski definition) is 3. The van der Waals surface area contributed by atoms with Crippen LogP contribution in [0.5, 0.6) is 0 Å². The van der Waals surface area contributed by atoms with E-state index < -0.39 is 11.7 Å². The Morgan fingerprint density at radius 3 is 3.06 bits per heavy atom. The molecule has 0 unspecified atom stereocenters. The zero-order chi connectivity index (χ0) is 13.0. The normalized spacial score (nSPS) is 10.3. The molecule has 1 aromatic carbocycles. The highest BCUT2D eigenvalue weighted by Crippen LogP contribution is 2.15. The number of carbonyl (C=O) groups is 1. The molecule has 1 amide bonds. The highest BCUT2D eigenvalue weighted by Gasteiger charge is 2.11. The van der Waals surface area contributed by atoms with Crippen LogP contribution in [0.25, 0.3) is 0 Å². The van der Waals surface area contributed by atoms with Crippen LogP contribution in [0.15, 0.2) is 34.2 Å². The summed E-state index contributed by atoms with van der Waals surface area (Å²) in [5.74, 6) is -0.935. The van der Waals surface area contributed by atoms with Gasteiger partial charge in [0.05, 0.1) is 10.6 Å². The van der Waals surface area contributed by atoms with E-state index in [1.807, 2.05) is 5.38 Å². The highest BCUT2D eigenvalue weighted by atomic mass is 79.9. The molecule has 2 aromatic rings. The lowest BCUT2D eigenvalue weighted by molar-refractivity contribution is 0.0950. The van der Waals surface area contributed by atoms with Crippen molar-refractivity contribution < 1.29 is 9.18 Å². The van der Waals surface area contributed by atoms with Crippen molar-refractivity contribution in [2.75, 3.05) is 6.54 Å². The number of amides is 1. The zero-order valence-electron chi connectivity index (χ0n) is 9.32. The average Bonchev–Trinajstić information content (AvgIpc) is 2.85. The van der Waals surface area contributed by atoms with Crippen LogP contribution in [0, 0.1) is 5.82 Å². The smallest absolute Gasteiger partial charge is 0.254 e. The molecule has 0 aliphatic rings. The second-order valence-corrected chi connectivity index (χ2v) is 5.45. The standard InChI is InChI=1S/C12H10BrFN2OS/c13-8-1-2-10(14)9(7-8)12(17)16-4-3-11-15-5-6-18-11/h1-2,5-7H,3-4H2,(H,16,17). The SMILES string of the molecule is O=C(NCCc1nccs1)c1cc(Br)ccc1F. The minimum absolute atomic E-state index is 0.0449. The van der Waals surface area contributed by atoms with E-state index in [9.17, 15) is 9.18 Å². The Kier molecular flexibility index (Phi) is 4.43. The number of halogens is 2. The van der Waals surface area contributed by atoms with Crippen molar-refractivity contribution in [1.29, 1.82) is 0 Å². The van der Waals surface area contributed by atoms with Crippen LogP contribution in [-0.2, 0) is 6.42 Å². The molecule has 1 heterocycles. The van der Waals surface area contributed by atoms with Crippen molar-refractivity contribution in [3.05, 3.63) is 50.6 Å². The lowest BCUT2D eigenvalue weighted by Crippen LogP contribution is -2.26. The van der Waals surface area contributed by atoms with Crippen LogP contribution >= 0.6 is 27.3 Å². The Balaban J connectivity index is 1.93. The topological polar surface area (TPSA) is 42.0 Å². The quantitative estimate of drug-likeness (QED) is 0.937. The number of nitrogens with zero attached hydrogens (tertiary/aromatic N) is 1. The molecule has 6 heteroatoms. The van der Waals surface area contributed by atoms with E-state index in [0.29, 0.717) is 17.4 Å². The Hall–Kier alpha value is -1.27. The van der Waals surface area contributed by atoms with Gasteiger partial charge in [0.1, 0.15) is 5.82 Å². The van der Waals surface area contributed by atoms with Crippen molar-refractivity contribution in [2.45, 2.75) is 6.42 Å². The Morgan fingerprint density at radius 2 is 2.33 bits per heavy atom. The van der Waals surface area contributed by atoms with Gasteiger partial charge in [0, 0.05) is 29.0 Å². The molecular formula is C12H10BrFN2OS. The third-order valence-electron chi connectivity index (χ3n) is 2.28. The minimum Gasteiger partial charge on any atom is -0.352 e. The van der Waals surface area contributed by atoms with Crippen molar-refractivity contribution >= 4 is 33.2 Å². The molecule has 0 fully saturated rings. The van der Waals surface area contributed by atoms with Crippen LogP contribution in [-0.4, -0.2) is 17.4 Å². The first-order valence-corrected chi connectivity index (χ1v) is 6.95. The number of nitrogens with one attached hydrogen (secondary N) is 1. The van der Waals surface area contributed by atoms with Gasteiger partial charge in [-0.25, -0.2) is 9.37 Å². The fraction of sp³-hybridized carbons (Fsp3) is 0.167. The van der Waals surface area contributed by atoms with Gasteiger partial charge in [-0.15, -0.1) is 11.3 Å². The maximum Gasteiger partial charge on any atom is 0.254 e. The van der Waals surface area contributed by atoms with Gasteiger partial charge in [0.15, 0.2) is 0 Å². The number of rotatable bonds is 4. The summed E-state index contributed by atoms with van der Waals surface area (Å²) in [4.78, 5) is 15.9. The third-order valence-corrected chi connectivity index (χ3v) is 3.61. The van der Waals surface area contributed by atoms with E-state index in [-0.39, 0.29) is 5.56 Å². The summed E-state index contributed by atoms with van der Waals surface area (Å²) < 4.78 is 14.1. The van der Waals surface area contributed by atoms with Crippen LogP contribution in [0.1, 0.15) is 15.4 Å². The number of carbonyl (C=O) groups excluding carboxylic acids is 1. The monoisotopic (exact) mass is 328 g/mol. The van der Waals surface area contributed by atoms with Crippen molar-refractivity contribution in [1.82, 2.24) is 10.3 Å². The Morgan fingerprint density at radius 1 is 1.50 bits per heavy atom. The van der Waals surface area contributed by atoms with Crippen LogP contribution in [0.4, 0.5) is 4.39 Å². The number of hydrogen-bond donors (Lipinski definition) is 1. The molecule has 0 aliphatic heterocycles. The third kappa shape index (κ3) is 3.36. The molecule has 0 bridgehead atoms. The van der Waals surface area contributed by atoms with Crippen molar-refractivity contribution in [3.8, 4) is 0 Å². The molecule has 0 spiro atoms. The molecule has 94 valence electrons. The van der Waals surface area contributed by atoms with Gasteiger partial charge in [-0.1, -0.05) is 15.9 Å². The summed E-state index contributed by atoms with van der Waals surface area (Å²) in [6.07, 6.45) is 2.37. The Bertz CT molecular complexity index is 545. The van der Waals surface area contributed by atoms with E-state index >= 15 is 0 Å². The van der Waals surface area contributed by atoms with E-state index in [0.717, 1.165) is 5.01 Å². The molecule has 3 nitrogen and oxygen atoms in total. The van der Waals surface area contributed by atoms with Crippen LogP contribution in [0.2, 0.25) is 0 Å². The number of aromatic nitrogens is 1. The van der Waals surface area contributed by atoms with Crippen LogP contribution < -0.4 is 5.32 Å². The first-order valence-electron chi connectivity index (χ1n) is 5.28. The summed E-state index contributed by atoms with van der Waals surface area (Å²) in [5.41, 5.74) is 0.0449. The van der Waals surface area contributed by atoms with Gasteiger partial charge in [-0.3, -0.25) is 4.79 Å². The molecule has 1 aromatic heterocycles. The summed E-state index contributed by atoms with van der Waals surface area (Å²) in [5, 5.41) is 5.50. The van der Waals surface area contributed by atoms with E-state index in [1.54, 1.807) is 12.3 Å². The zero-order valence-corrected chi connectivity index (χ0v) is 11.7. The predicted molar refractivity (Wildman–Crippen MR) is 72.3 cm³/mol. The van der Waals surface area contributed by atoms with E-state index in [4.69, 9.17) is 0 Å². The first-order chi connectivity index (χ1) is 8.66. The molecule has 2 rings (SSSR count). The molecule has 0 saturated carbocycles. The fourth-order valence-electron chi connectivity index (χ4n) is 1.43. The molecule has 18 heavy (non-hydrogen) atoms. The van der Waals surface area contributed by atoms with Gasteiger partial charge in [-0.2, -0.15) is 0 Å². The first kappa shape index (κ1) is 13.2. The minimum atomic E-state index is -0.523. The maximum absolute atomic E-state index is 13.4. The van der Waals surface area contributed by atoms with E-state index in [2.05, 4.69) is 26.2 Å². The van der Waals surface area contributed by atoms with Gasteiger partial charge in [-0.05, 0) is 18.2 Å². The molecule has 0 aliphatic carbocycles. The van der Waals surface area contributed by atoms with Gasteiger partial charge in [0.25, 0.3) is 5.91 Å². The lowest BCUT2D eigenvalue weighted by atomic mass is 10.2. The molecular weight excluding hydrogens is 319 g/mol. The maximum atomic E-state index is 13.4. The van der Waals surface area contributed by atoms with E-state index in [1.165, 1.54) is 23.5 Å². The Labute approximate surface area is 116 Å². The average molecular weight is 329 g/mol. The van der Waals surface area contributed by atoms with Gasteiger partial charge < -0.3 is 5.32 Å². The number of benzene rings is 1. The largest absolute Gasteiger partial charge is 0.352 e. The van der Waals surface area contributed by atoms with Crippen LogP contribution in [0.3, 0.4) is 0 Å². The van der Waals surface area contributed by atoms with Gasteiger partial charge >= 0.3 is 0 Å². The predicted octanol–water partition coefficient (Wildman–Crippen LogP) is 3.02. The van der Waals surface area contributed by atoms with Crippen molar-refractivity contribution in [2.24, 2.45) is 0 Å². The summed E-state index contributed by atoms with van der Waals surface area (Å²) in [6, 6.07) is 4.29. The summed E-state index contributed by atoms with van der Waals surface area (Å²) in [7, 11) is 0.